The number of benzene rings is 2. The number of ether oxygens (including phenoxy) is 1. The molecule has 0 aliphatic heterocycles. The van der Waals surface area contributed by atoms with E-state index in [1.807, 2.05) is 36.4 Å². The van der Waals surface area contributed by atoms with Gasteiger partial charge >= 0.3 is 5.97 Å². The fraction of sp³-hybridized carbons (Fsp3) is 0.100. The number of carbonyl (C=O) groups excluding carboxylic acids is 1. The number of anilines is 1. The number of furan rings is 1. The SMILES string of the molecule is COc1ccc(-c2ccc(NC(=O)c3cc(C(=O)O)oc3C)cc2)cc1. The van der Waals surface area contributed by atoms with E-state index in [-0.39, 0.29) is 17.1 Å². The topological polar surface area (TPSA) is 88.8 Å². The van der Waals surface area contributed by atoms with Crippen molar-refractivity contribution in [2.24, 2.45) is 0 Å². The Balaban J connectivity index is 1.74. The minimum atomic E-state index is -1.21. The quantitative estimate of drug-likeness (QED) is 0.719. The first kappa shape index (κ1) is 17.3. The van der Waals surface area contributed by atoms with Crippen LogP contribution in [-0.4, -0.2) is 24.1 Å². The minimum Gasteiger partial charge on any atom is -0.497 e. The van der Waals surface area contributed by atoms with E-state index in [0.717, 1.165) is 16.9 Å². The van der Waals surface area contributed by atoms with E-state index in [1.165, 1.54) is 6.07 Å². The van der Waals surface area contributed by atoms with Crippen molar-refractivity contribution in [3.8, 4) is 16.9 Å². The van der Waals surface area contributed by atoms with Gasteiger partial charge in [-0.2, -0.15) is 0 Å². The number of hydrogen-bond acceptors (Lipinski definition) is 4. The number of methoxy groups -OCH3 is 1. The van der Waals surface area contributed by atoms with Crippen LogP contribution >= 0.6 is 0 Å². The first-order valence-electron chi connectivity index (χ1n) is 7.87. The molecule has 0 aliphatic rings. The summed E-state index contributed by atoms with van der Waals surface area (Å²) in [5.74, 6) is -0.849. The Labute approximate surface area is 150 Å². The Morgan fingerprint density at radius 3 is 2.08 bits per heavy atom. The number of carbonyl (C=O) groups is 2. The molecule has 2 N–H and O–H groups in total. The molecule has 0 aliphatic carbocycles. The highest BCUT2D eigenvalue weighted by Gasteiger charge is 2.18. The Morgan fingerprint density at radius 1 is 1.00 bits per heavy atom. The summed E-state index contributed by atoms with van der Waals surface area (Å²) < 4.78 is 10.2. The fourth-order valence-corrected chi connectivity index (χ4v) is 2.54. The molecule has 132 valence electrons. The van der Waals surface area contributed by atoms with Crippen LogP contribution in [0.3, 0.4) is 0 Å². The summed E-state index contributed by atoms with van der Waals surface area (Å²) in [7, 11) is 1.62. The maximum atomic E-state index is 12.3. The standard InChI is InChI=1S/C20H17NO5/c1-12-17(11-18(26-12)20(23)24)19(22)21-15-7-3-13(4-8-15)14-5-9-16(25-2)10-6-14/h3-11H,1-2H3,(H,21,22)(H,23,24). The summed E-state index contributed by atoms with van der Waals surface area (Å²) in [6.07, 6.45) is 0. The highest BCUT2D eigenvalue weighted by Crippen LogP contribution is 2.24. The molecule has 6 nitrogen and oxygen atoms in total. The van der Waals surface area contributed by atoms with Gasteiger partial charge in [0, 0.05) is 11.8 Å². The Kier molecular flexibility index (Phi) is 4.75. The van der Waals surface area contributed by atoms with Crippen LogP contribution in [0.15, 0.2) is 59.0 Å². The number of carboxylic acids is 1. The van der Waals surface area contributed by atoms with E-state index < -0.39 is 11.9 Å². The lowest BCUT2D eigenvalue weighted by molar-refractivity contribution is 0.0660. The molecule has 3 aromatic rings. The largest absolute Gasteiger partial charge is 0.497 e. The Morgan fingerprint density at radius 2 is 1.58 bits per heavy atom. The van der Waals surface area contributed by atoms with Crippen LogP contribution in [-0.2, 0) is 0 Å². The van der Waals surface area contributed by atoms with Gasteiger partial charge < -0.3 is 19.6 Å². The molecule has 0 atom stereocenters. The number of carboxylic acid groups (broad SMARTS) is 1. The van der Waals surface area contributed by atoms with Crippen LogP contribution in [0.1, 0.15) is 26.7 Å². The maximum Gasteiger partial charge on any atom is 0.371 e. The smallest absolute Gasteiger partial charge is 0.371 e. The second kappa shape index (κ2) is 7.14. The third-order valence-electron chi connectivity index (χ3n) is 3.94. The molecule has 6 heteroatoms. The first-order valence-corrected chi connectivity index (χ1v) is 7.87. The second-order valence-electron chi connectivity index (χ2n) is 5.65. The number of aryl methyl sites for hydroxylation is 1. The molecule has 0 unspecified atom stereocenters. The zero-order valence-electron chi connectivity index (χ0n) is 14.3. The molecule has 0 fully saturated rings. The van der Waals surface area contributed by atoms with Crippen molar-refractivity contribution in [1.29, 1.82) is 0 Å². The Bertz CT molecular complexity index is 939. The van der Waals surface area contributed by atoms with Crippen molar-refractivity contribution in [3.63, 3.8) is 0 Å². The average Bonchev–Trinajstić information content (AvgIpc) is 3.05. The minimum absolute atomic E-state index is 0.196. The van der Waals surface area contributed by atoms with Gasteiger partial charge in [0.2, 0.25) is 5.76 Å². The van der Waals surface area contributed by atoms with Crippen LogP contribution in [0.2, 0.25) is 0 Å². The number of hydrogen-bond donors (Lipinski definition) is 2. The van der Waals surface area contributed by atoms with Crippen LogP contribution < -0.4 is 10.1 Å². The van der Waals surface area contributed by atoms with E-state index in [0.29, 0.717) is 5.69 Å². The van der Waals surface area contributed by atoms with Crippen LogP contribution in [0.25, 0.3) is 11.1 Å². The van der Waals surface area contributed by atoms with Crippen molar-refractivity contribution in [3.05, 3.63) is 71.7 Å². The van der Waals surface area contributed by atoms with Gasteiger partial charge in [-0.25, -0.2) is 4.79 Å². The summed E-state index contributed by atoms with van der Waals surface area (Å²) in [5, 5.41) is 11.7. The molecule has 0 spiro atoms. The first-order chi connectivity index (χ1) is 12.5. The molecule has 26 heavy (non-hydrogen) atoms. The van der Waals surface area contributed by atoms with Gasteiger partial charge in [-0.05, 0) is 42.3 Å². The van der Waals surface area contributed by atoms with E-state index in [2.05, 4.69) is 5.32 Å². The van der Waals surface area contributed by atoms with Crippen molar-refractivity contribution in [1.82, 2.24) is 0 Å². The van der Waals surface area contributed by atoms with E-state index in [9.17, 15) is 9.59 Å². The van der Waals surface area contributed by atoms with E-state index >= 15 is 0 Å². The molecule has 0 saturated heterocycles. The van der Waals surface area contributed by atoms with Gasteiger partial charge in [-0.1, -0.05) is 24.3 Å². The zero-order chi connectivity index (χ0) is 18.7. The third kappa shape index (κ3) is 3.59. The lowest BCUT2D eigenvalue weighted by Crippen LogP contribution is -2.12. The molecule has 3 rings (SSSR count). The Hall–Kier alpha value is -3.54. The zero-order valence-corrected chi connectivity index (χ0v) is 14.3. The molecule has 0 bridgehead atoms. The molecule has 0 saturated carbocycles. The summed E-state index contributed by atoms with van der Waals surface area (Å²) in [4.78, 5) is 23.2. The van der Waals surface area contributed by atoms with E-state index in [4.69, 9.17) is 14.3 Å². The van der Waals surface area contributed by atoms with Gasteiger partial charge in [0.15, 0.2) is 0 Å². The summed E-state index contributed by atoms with van der Waals surface area (Å²) in [5.41, 5.74) is 2.82. The summed E-state index contributed by atoms with van der Waals surface area (Å²) in [6.45, 7) is 1.55. The van der Waals surface area contributed by atoms with Crippen molar-refractivity contribution in [2.45, 2.75) is 6.92 Å². The molecular formula is C20H17NO5. The monoisotopic (exact) mass is 351 g/mol. The number of nitrogens with one attached hydrogen (secondary N) is 1. The van der Waals surface area contributed by atoms with Crippen LogP contribution in [0.5, 0.6) is 5.75 Å². The predicted octanol–water partition coefficient (Wildman–Crippen LogP) is 4.21. The van der Waals surface area contributed by atoms with Gasteiger partial charge in [0.1, 0.15) is 11.5 Å². The van der Waals surface area contributed by atoms with Gasteiger partial charge in [-0.15, -0.1) is 0 Å². The van der Waals surface area contributed by atoms with Gasteiger partial charge in [0.25, 0.3) is 5.91 Å². The lowest BCUT2D eigenvalue weighted by atomic mass is 10.1. The fourth-order valence-electron chi connectivity index (χ4n) is 2.54. The summed E-state index contributed by atoms with van der Waals surface area (Å²) >= 11 is 0. The average molecular weight is 351 g/mol. The molecule has 1 aromatic heterocycles. The number of rotatable bonds is 5. The van der Waals surface area contributed by atoms with E-state index in [1.54, 1.807) is 26.2 Å². The molecular weight excluding hydrogens is 334 g/mol. The predicted molar refractivity (Wildman–Crippen MR) is 96.8 cm³/mol. The molecule has 1 amide bonds. The molecule has 2 aromatic carbocycles. The van der Waals surface area contributed by atoms with Crippen LogP contribution in [0, 0.1) is 6.92 Å². The normalized spacial score (nSPS) is 10.4. The second-order valence-corrected chi connectivity index (χ2v) is 5.65. The van der Waals surface area contributed by atoms with Crippen molar-refractivity contribution < 1.29 is 23.8 Å². The molecule has 1 heterocycles. The van der Waals surface area contributed by atoms with Gasteiger partial charge in [0.05, 0.1) is 12.7 Å². The van der Waals surface area contributed by atoms with Crippen molar-refractivity contribution >= 4 is 17.6 Å². The van der Waals surface area contributed by atoms with Gasteiger partial charge in [-0.3, -0.25) is 4.79 Å². The summed E-state index contributed by atoms with van der Waals surface area (Å²) in [6, 6.07) is 16.2. The number of aromatic carboxylic acids is 1. The molecule has 0 radical (unpaired) electrons. The van der Waals surface area contributed by atoms with Crippen molar-refractivity contribution in [2.75, 3.05) is 12.4 Å². The third-order valence-corrected chi connectivity index (χ3v) is 3.94. The number of amides is 1. The van der Waals surface area contributed by atoms with Crippen LogP contribution in [0.4, 0.5) is 5.69 Å². The maximum absolute atomic E-state index is 12.3. The highest BCUT2D eigenvalue weighted by atomic mass is 16.5. The highest BCUT2D eigenvalue weighted by molar-refractivity contribution is 6.06. The lowest BCUT2D eigenvalue weighted by Gasteiger charge is -2.07.